The van der Waals surface area contributed by atoms with E-state index in [1.807, 2.05) is 18.4 Å². The van der Waals surface area contributed by atoms with Crippen molar-refractivity contribution in [3.8, 4) is 0 Å². The molecule has 1 aromatic heterocycles. The van der Waals surface area contributed by atoms with E-state index < -0.39 is 0 Å². The monoisotopic (exact) mass is 239 g/mol. The SMILES string of the molecule is CCCNCc1nccn1CC(=O)OC(C)C. The van der Waals surface area contributed by atoms with Gasteiger partial charge in [0.05, 0.1) is 12.6 Å². The molecule has 0 aromatic carbocycles. The van der Waals surface area contributed by atoms with Crippen molar-refractivity contribution >= 4 is 5.97 Å². The summed E-state index contributed by atoms with van der Waals surface area (Å²) in [5.41, 5.74) is 0. The third-order valence-electron chi connectivity index (χ3n) is 2.18. The maximum absolute atomic E-state index is 11.5. The van der Waals surface area contributed by atoms with Crippen molar-refractivity contribution in [2.24, 2.45) is 0 Å². The Bertz CT molecular complexity index is 347. The zero-order valence-electron chi connectivity index (χ0n) is 10.8. The molecule has 1 rings (SSSR count). The molecule has 17 heavy (non-hydrogen) atoms. The van der Waals surface area contributed by atoms with E-state index in [9.17, 15) is 4.79 Å². The van der Waals surface area contributed by atoms with E-state index in [2.05, 4.69) is 17.2 Å². The third kappa shape index (κ3) is 4.99. The second-order valence-corrected chi connectivity index (χ2v) is 4.19. The maximum Gasteiger partial charge on any atom is 0.326 e. The maximum atomic E-state index is 11.5. The fourth-order valence-corrected chi connectivity index (χ4v) is 1.47. The van der Waals surface area contributed by atoms with Crippen LogP contribution in [-0.4, -0.2) is 28.2 Å². The number of esters is 1. The van der Waals surface area contributed by atoms with E-state index in [1.54, 1.807) is 12.4 Å². The van der Waals surface area contributed by atoms with E-state index in [1.165, 1.54) is 0 Å². The fraction of sp³-hybridized carbons (Fsp3) is 0.667. The van der Waals surface area contributed by atoms with Crippen molar-refractivity contribution in [3.63, 3.8) is 0 Å². The van der Waals surface area contributed by atoms with Crippen LogP contribution in [0, 0.1) is 0 Å². The average molecular weight is 239 g/mol. The number of carbonyl (C=O) groups is 1. The van der Waals surface area contributed by atoms with Gasteiger partial charge in [-0.1, -0.05) is 6.92 Å². The van der Waals surface area contributed by atoms with Crippen molar-refractivity contribution in [3.05, 3.63) is 18.2 Å². The van der Waals surface area contributed by atoms with Crippen molar-refractivity contribution in [1.82, 2.24) is 14.9 Å². The Kier molecular flexibility index (Phi) is 5.69. The molecule has 5 heteroatoms. The number of carbonyl (C=O) groups excluding carboxylic acids is 1. The van der Waals surface area contributed by atoms with Gasteiger partial charge in [0.15, 0.2) is 0 Å². The van der Waals surface area contributed by atoms with Crippen molar-refractivity contribution in [2.45, 2.75) is 46.4 Å². The summed E-state index contributed by atoms with van der Waals surface area (Å²) >= 11 is 0. The summed E-state index contributed by atoms with van der Waals surface area (Å²) in [6.45, 7) is 7.64. The van der Waals surface area contributed by atoms with Crippen LogP contribution in [0.3, 0.4) is 0 Å². The average Bonchev–Trinajstić information content (AvgIpc) is 2.65. The molecule has 0 fully saturated rings. The van der Waals surface area contributed by atoms with Gasteiger partial charge < -0.3 is 14.6 Å². The van der Waals surface area contributed by atoms with Gasteiger partial charge in [0.25, 0.3) is 0 Å². The molecule has 0 aliphatic carbocycles. The molecule has 0 bridgehead atoms. The van der Waals surface area contributed by atoms with Crippen molar-refractivity contribution < 1.29 is 9.53 Å². The standard InChI is InChI=1S/C12H21N3O2/c1-4-5-13-8-11-14-6-7-15(11)9-12(16)17-10(2)3/h6-7,10,13H,4-5,8-9H2,1-3H3. The Morgan fingerprint density at radius 3 is 3.00 bits per heavy atom. The van der Waals surface area contributed by atoms with Gasteiger partial charge in [-0.25, -0.2) is 4.98 Å². The van der Waals surface area contributed by atoms with Crippen molar-refractivity contribution in [1.29, 1.82) is 0 Å². The first-order valence-electron chi connectivity index (χ1n) is 6.03. The second-order valence-electron chi connectivity index (χ2n) is 4.19. The Balaban J connectivity index is 2.47. The number of ether oxygens (including phenoxy) is 1. The molecule has 1 heterocycles. The van der Waals surface area contributed by atoms with Crippen LogP contribution < -0.4 is 5.32 Å². The minimum atomic E-state index is -0.227. The second kappa shape index (κ2) is 7.06. The van der Waals surface area contributed by atoms with Gasteiger partial charge in [-0.05, 0) is 26.8 Å². The van der Waals surface area contributed by atoms with E-state index in [0.29, 0.717) is 6.54 Å². The Labute approximate surface area is 102 Å². The van der Waals surface area contributed by atoms with Gasteiger partial charge in [0.1, 0.15) is 12.4 Å². The molecule has 5 nitrogen and oxygen atoms in total. The first kappa shape index (κ1) is 13.7. The zero-order chi connectivity index (χ0) is 12.7. The lowest BCUT2D eigenvalue weighted by atomic mass is 10.4. The highest BCUT2D eigenvalue weighted by Gasteiger charge is 2.09. The van der Waals surface area contributed by atoms with Gasteiger partial charge >= 0.3 is 5.97 Å². The Morgan fingerprint density at radius 1 is 1.59 bits per heavy atom. The minimum absolute atomic E-state index is 0.0762. The molecule has 0 spiro atoms. The van der Waals surface area contributed by atoms with Crippen LogP contribution in [0.1, 0.15) is 33.0 Å². The largest absolute Gasteiger partial charge is 0.462 e. The van der Waals surface area contributed by atoms with E-state index in [0.717, 1.165) is 18.8 Å². The fourth-order valence-electron chi connectivity index (χ4n) is 1.47. The van der Waals surface area contributed by atoms with Gasteiger partial charge in [-0.2, -0.15) is 0 Å². The lowest BCUT2D eigenvalue weighted by Crippen LogP contribution is -2.22. The topological polar surface area (TPSA) is 56.2 Å². The third-order valence-corrected chi connectivity index (χ3v) is 2.18. The van der Waals surface area contributed by atoms with Crippen LogP contribution in [0.5, 0.6) is 0 Å². The smallest absolute Gasteiger partial charge is 0.326 e. The first-order valence-corrected chi connectivity index (χ1v) is 6.03. The molecule has 0 radical (unpaired) electrons. The highest BCUT2D eigenvalue weighted by atomic mass is 16.5. The molecule has 96 valence electrons. The molecule has 0 aliphatic rings. The predicted octanol–water partition coefficient (Wildman–Crippen LogP) is 1.33. The zero-order valence-corrected chi connectivity index (χ0v) is 10.8. The van der Waals surface area contributed by atoms with Gasteiger partial charge in [-0.15, -0.1) is 0 Å². The Hall–Kier alpha value is -1.36. The number of nitrogens with zero attached hydrogens (tertiary/aromatic N) is 2. The quantitative estimate of drug-likeness (QED) is 0.576. The molecule has 0 saturated carbocycles. The summed E-state index contributed by atoms with van der Waals surface area (Å²) in [4.78, 5) is 15.7. The van der Waals surface area contributed by atoms with Gasteiger partial charge in [0.2, 0.25) is 0 Å². The van der Waals surface area contributed by atoms with Crippen LogP contribution in [0.4, 0.5) is 0 Å². The minimum Gasteiger partial charge on any atom is -0.462 e. The van der Waals surface area contributed by atoms with Crippen LogP contribution in [0.15, 0.2) is 12.4 Å². The van der Waals surface area contributed by atoms with Crippen molar-refractivity contribution in [2.75, 3.05) is 6.54 Å². The summed E-state index contributed by atoms with van der Waals surface area (Å²) in [5.74, 6) is 0.633. The van der Waals surface area contributed by atoms with Crippen LogP contribution in [0.2, 0.25) is 0 Å². The highest BCUT2D eigenvalue weighted by Crippen LogP contribution is 2.00. The molecule has 0 amide bonds. The number of nitrogens with one attached hydrogen (secondary N) is 1. The summed E-state index contributed by atoms with van der Waals surface area (Å²) in [6.07, 6.45) is 4.50. The number of aromatic nitrogens is 2. The molecular weight excluding hydrogens is 218 g/mol. The molecule has 0 saturated heterocycles. The molecular formula is C12H21N3O2. The summed E-state index contributed by atoms with van der Waals surface area (Å²) in [7, 11) is 0. The normalized spacial score (nSPS) is 10.8. The number of imidazole rings is 1. The summed E-state index contributed by atoms with van der Waals surface area (Å²) < 4.78 is 6.91. The predicted molar refractivity (Wildman–Crippen MR) is 65.5 cm³/mol. The van der Waals surface area contributed by atoms with E-state index >= 15 is 0 Å². The van der Waals surface area contributed by atoms with Crippen LogP contribution in [-0.2, 0) is 22.6 Å². The Morgan fingerprint density at radius 2 is 2.35 bits per heavy atom. The molecule has 0 unspecified atom stereocenters. The van der Waals surface area contributed by atoms with Gasteiger partial charge in [-0.3, -0.25) is 4.79 Å². The van der Waals surface area contributed by atoms with Gasteiger partial charge in [0, 0.05) is 12.4 Å². The lowest BCUT2D eigenvalue weighted by molar-refractivity contribution is -0.148. The summed E-state index contributed by atoms with van der Waals surface area (Å²) in [5, 5.41) is 3.26. The molecule has 0 aliphatic heterocycles. The number of hydrogen-bond donors (Lipinski definition) is 1. The summed E-state index contributed by atoms with van der Waals surface area (Å²) in [6, 6.07) is 0. The lowest BCUT2D eigenvalue weighted by Gasteiger charge is -2.10. The number of hydrogen-bond acceptors (Lipinski definition) is 4. The first-order chi connectivity index (χ1) is 8.13. The van der Waals surface area contributed by atoms with E-state index in [-0.39, 0.29) is 18.6 Å². The highest BCUT2D eigenvalue weighted by molar-refractivity contribution is 5.69. The van der Waals surface area contributed by atoms with Crippen LogP contribution >= 0.6 is 0 Å². The van der Waals surface area contributed by atoms with Crippen LogP contribution in [0.25, 0.3) is 0 Å². The molecule has 1 N–H and O–H groups in total. The molecule has 1 aromatic rings. The number of rotatable bonds is 7. The van der Waals surface area contributed by atoms with E-state index in [4.69, 9.17) is 4.74 Å². The molecule has 0 atom stereocenters.